The van der Waals surface area contributed by atoms with Gasteiger partial charge in [-0.15, -0.1) is 0 Å². The van der Waals surface area contributed by atoms with E-state index in [0.717, 1.165) is 11.3 Å². The van der Waals surface area contributed by atoms with Crippen LogP contribution in [0.15, 0.2) is 30.3 Å². The fourth-order valence-corrected chi connectivity index (χ4v) is 1.91. The van der Waals surface area contributed by atoms with E-state index in [1.54, 1.807) is 20.3 Å². The molecule has 0 aliphatic rings. The van der Waals surface area contributed by atoms with Gasteiger partial charge in [-0.05, 0) is 24.6 Å². The van der Waals surface area contributed by atoms with E-state index in [1.807, 2.05) is 31.2 Å². The van der Waals surface area contributed by atoms with E-state index >= 15 is 0 Å². The molecule has 0 bridgehead atoms. The first-order chi connectivity index (χ1) is 10.7. The number of benzene rings is 1. The topological polar surface area (TPSA) is 65.5 Å². The predicted octanol–water partition coefficient (Wildman–Crippen LogP) is 2.64. The summed E-state index contributed by atoms with van der Waals surface area (Å²) in [7, 11) is 3.27. The molecular weight excluding hydrogens is 282 g/mol. The Balaban J connectivity index is 2.06. The first-order valence-electron chi connectivity index (χ1n) is 7.11. The van der Waals surface area contributed by atoms with Crippen LogP contribution < -0.4 is 14.8 Å². The second kappa shape index (κ2) is 8.19. The zero-order valence-electron chi connectivity index (χ0n) is 13.1. The Kier molecular flexibility index (Phi) is 5.97. The summed E-state index contributed by atoms with van der Waals surface area (Å²) in [4.78, 5) is 8.68. The van der Waals surface area contributed by atoms with Crippen LogP contribution in [0.5, 0.6) is 11.6 Å². The van der Waals surface area contributed by atoms with Crippen LogP contribution in [0.2, 0.25) is 0 Å². The van der Waals surface area contributed by atoms with Crippen LogP contribution in [0.3, 0.4) is 0 Å². The monoisotopic (exact) mass is 303 g/mol. The lowest BCUT2D eigenvalue weighted by molar-refractivity contribution is 0.176. The summed E-state index contributed by atoms with van der Waals surface area (Å²) in [5.74, 6) is 2.68. The molecule has 0 amide bonds. The van der Waals surface area contributed by atoms with Gasteiger partial charge >= 0.3 is 0 Å². The van der Waals surface area contributed by atoms with Crippen LogP contribution in [-0.4, -0.2) is 30.8 Å². The number of aromatic nitrogens is 2. The van der Waals surface area contributed by atoms with Crippen molar-refractivity contribution in [2.75, 3.05) is 26.1 Å². The fraction of sp³-hybridized carbons (Fsp3) is 0.375. The van der Waals surface area contributed by atoms with Crippen molar-refractivity contribution in [1.29, 1.82) is 0 Å². The van der Waals surface area contributed by atoms with Gasteiger partial charge in [-0.1, -0.05) is 12.1 Å². The molecule has 0 fully saturated rings. The van der Waals surface area contributed by atoms with Gasteiger partial charge in [-0.3, -0.25) is 0 Å². The Hall–Kier alpha value is -2.34. The minimum atomic E-state index is 0.345. The number of nitrogens with zero attached hydrogens (tertiary/aromatic N) is 2. The van der Waals surface area contributed by atoms with E-state index in [-0.39, 0.29) is 0 Å². The second-order valence-electron chi connectivity index (χ2n) is 4.58. The molecule has 1 aromatic heterocycles. The van der Waals surface area contributed by atoms with Gasteiger partial charge in [-0.25, -0.2) is 4.98 Å². The van der Waals surface area contributed by atoms with Gasteiger partial charge < -0.3 is 19.5 Å². The Morgan fingerprint density at radius 2 is 1.86 bits per heavy atom. The molecule has 22 heavy (non-hydrogen) atoms. The molecule has 1 aromatic carbocycles. The highest BCUT2D eigenvalue weighted by Gasteiger charge is 2.05. The molecule has 0 atom stereocenters. The lowest BCUT2D eigenvalue weighted by Gasteiger charge is -2.10. The standard InChI is InChI=1S/C16H21N3O3/c1-4-22-16-9-14(18-15(19-16)11-20-2)17-10-12-5-7-13(21-3)8-6-12/h5-9H,4,10-11H2,1-3H3,(H,17,18,19). The van der Waals surface area contributed by atoms with Crippen molar-refractivity contribution in [2.24, 2.45) is 0 Å². The normalized spacial score (nSPS) is 10.3. The van der Waals surface area contributed by atoms with E-state index in [4.69, 9.17) is 14.2 Å². The van der Waals surface area contributed by atoms with Gasteiger partial charge in [0, 0.05) is 19.7 Å². The highest BCUT2D eigenvalue weighted by atomic mass is 16.5. The first-order valence-corrected chi connectivity index (χ1v) is 7.11. The number of ether oxygens (including phenoxy) is 3. The Morgan fingerprint density at radius 3 is 2.50 bits per heavy atom. The van der Waals surface area contributed by atoms with Gasteiger partial charge in [0.25, 0.3) is 0 Å². The number of hydrogen-bond donors (Lipinski definition) is 1. The lowest BCUT2D eigenvalue weighted by atomic mass is 10.2. The SMILES string of the molecule is CCOc1cc(NCc2ccc(OC)cc2)nc(COC)n1. The summed E-state index contributed by atoms with van der Waals surface area (Å²) >= 11 is 0. The summed E-state index contributed by atoms with van der Waals surface area (Å²) in [5.41, 5.74) is 1.13. The molecule has 0 aliphatic heterocycles. The van der Waals surface area contributed by atoms with E-state index in [9.17, 15) is 0 Å². The number of anilines is 1. The van der Waals surface area contributed by atoms with E-state index in [2.05, 4.69) is 15.3 Å². The second-order valence-corrected chi connectivity index (χ2v) is 4.58. The van der Waals surface area contributed by atoms with E-state index < -0.39 is 0 Å². The summed E-state index contributed by atoms with van der Waals surface area (Å²) in [6.07, 6.45) is 0. The van der Waals surface area contributed by atoms with Crippen LogP contribution >= 0.6 is 0 Å². The maximum Gasteiger partial charge on any atom is 0.218 e. The average molecular weight is 303 g/mol. The molecule has 6 nitrogen and oxygen atoms in total. The number of nitrogens with one attached hydrogen (secondary N) is 1. The van der Waals surface area contributed by atoms with Crippen LogP contribution in [0.4, 0.5) is 5.82 Å². The summed E-state index contributed by atoms with van der Waals surface area (Å²) in [6.45, 7) is 3.47. The van der Waals surface area contributed by atoms with E-state index in [1.165, 1.54) is 0 Å². The van der Waals surface area contributed by atoms with Crippen molar-refractivity contribution in [3.8, 4) is 11.6 Å². The molecule has 0 radical (unpaired) electrons. The highest BCUT2D eigenvalue weighted by molar-refractivity contribution is 5.40. The van der Waals surface area contributed by atoms with Crippen molar-refractivity contribution in [3.63, 3.8) is 0 Å². The number of methoxy groups -OCH3 is 2. The molecular formula is C16H21N3O3. The molecule has 1 heterocycles. The lowest BCUT2D eigenvalue weighted by Crippen LogP contribution is -2.07. The maximum absolute atomic E-state index is 5.45. The highest BCUT2D eigenvalue weighted by Crippen LogP contribution is 2.16. The van der Waals surface area contributed by atoms with Gasteiger partial charge in [0.15, 0.2) is 5.82 Å². The van der Waals surface area contributed by atoms with Gasteiger partial charge in [-0.2, -0.15) is 4.98 Å². The molecule has 0 unspecified atom stereocenters. The zero-order chi connectivity index (χ0) is 15.8. The molecule has 0 saturated heterocycles. The number of hydrogen-bond acceptors (Lipinski definition) is 6. The minimum absolute atomic E-state index is 0.345. The molecule has 6 heteroatoms. The molecule has 1 N–H and O–H groups in total. The van der Waals surface area contributed by atoms with Crippen molar-refractivity contribution >= 4 is 5.82 Å². The van der Waals surface area contributed by atoms with Crippen molar-refractivity contribution in [2.45, 2.75) is 20.1 Å². The van der Waals surface area contributed by atoms with Crippen molar-refractivity contribution in [1.82, 2.24) is 9.97 Å². The van der Waals surface area contributed by atoms with Crippen molar-refractivity contribution in [3.05, 3.63) is 41.7 Å². The molecule has 0 saturated carbocycles. The maximum atomic E-state index is 5.45. The molecule has 118 valence electrons. The molecule has 0 aliphatic carbocycles. The van der Waals surface area contributed by atoms with Gasteiger partial charge in [0.1, 0.15) is 18.2 Å². The molecule has 2 rings (SSSR count). The van der Waals surface area contributed by atoms with Crippen LogP contribution in [0.1, 0.15) is 18.3 Å². The molecule has 2 aromatic rings. The summed E-state index contributed by atoms with van der Waals surface area (Å²) in [6, 6.07) is 9.66. The minimum Gasteiger partial charge on any atom is -0.497 e. The van der Waals surface area contributed by atoms with Crippen LogP contribution in [0.25, 0.3) is 0 Å². The van der Waals surface area contributed by atoms with Crippen molar-refractivity contribution < 1.29 is 14.2 Å². The zero-order valence-corrected chi connectivity index (χ0v) is 13.1. The van der Waals surface area contributed by atoms with Crippen LogP contribution in [-0.2, 0) is 17.9 Å². The quantitative estimate of drug-likeness (QED) is 0.808. The largest absolute Gasteiger partial charge is 0.497 e. The Bertz CT molecular complexity index is 563. The Morgan fingerprint density at radius 1 is 1.09 bits per heavy atom. The van der Waals surface area contributed by atoms with Gasteiger partial charge in [0.2, 0.25) is 5.88 Å². The van der Waals surface area contributed by atoms with Gasteiger partial charge in [0.05, 0.1) is 13.7 Å². The smallest absolute Gasteiger partial charge is 0.218 e. The third-order valence-corrected chi connectivity index (χ3v) is 2.95. The Labute approximate surface area is 130 Å². The third-order valence-electron chi connectivity index (χ3n) is 2.95. The number of rotatable bonds is 8. The predicted molar refractivity (Wildman–Crippen MR) is 84.2 cm³/mol. The van der Waals surface area contributed by atoms with Crippen LogP contribution in [0, 0.1) is 0 Å². The first kappa shape index (κ1) is 16.0. The summed E-state index contributed by atoms with van der Waals surface area (Å²) in [5, 5.41) is 3.27. The fourth-order valence-electron chi connectivity index (χ4n) is 1.91. The average Bonchev–Trinajstić information content (AvgIpc) is 2.54. The summed E-state index contributed by atoms with van der Waals surface area (Å²) < 4.78 is 15.7. The molecule has 0 spiro atoms. The third kappa shape index (κ3) is 4.60. The van der Waals surface area contributed by atoms with E-state index in [0.29, 0.717) is 37.3 Å².